The molecular weight excluding hydrogens is 472 g/mol. The van der Waals surface area contributed by atoms with E-state index in [4.69, 9.17) is 27.9 Å². The molecule has 0 atom stereocenters. The number of halogens is 5. The standard InChI is InChI=1S/C25H21Cl2F3N2O/c1-14(2)33-21-13-17(25(28,29)30)7-12-20(21)24-31-22(15-3-8-18(26)9-4-15)23(32-24)16-5-10-19(27)11-6-16/h3-14,24,31-32H,1-2H3. The Kier molecular flexibility index (Phi) is 6.50. The van der Waals surface area contributed by atoms with Gasteiger partial charge in [-0.25, -0.2) is 0 Å². The van der Waals surface area contributed by atoms with E-state index in [2.05, 4.69) is 10.6 Å². The summed E-state index contributed by atoms with van der Waals surface area (Å²) in [6, 6.07) is 18.2. The van der Waals surface area contributed by atoms with Gasteiger partial charge in [-0.15, -0.1) is 0 Å². The number of hydrogen-bond donors (Lipinski definition) is 2. The van der Waals surface area contributed by atoms with Gasteiger partial charge in [-0.05, 0) is 61.4 Å². The Morgan fingerprint density at radius 2 is 1.27 bits per heavy atom. The summed E-state index contributed by atoms with van der Waals surface area (Å²) in [6.45, 7) is 3.55. The molecule has 0 spiro atoms. The van der Waals surface area contributed by atoms with Crippen molar-refractivity contribution in [2.24, 2.45) is 0 Å². The third kappa shape index (κ3) is 5.23. The van der Waals surface area contributed by atoms with Gasteiger partial charge in [0.2, 0.25) is 0 Å². The molecule has 0 bridgehead atoms. The predicted octanol–water partition coefficient (Wildman–Crippen LogP) is 7.52. The molecule has 0 fully saturated rings. The number of benzene rings is 3. The fourth-order valence-corrected chi connectivity index (χ4v) is 3.87. The lowest BCUT2D eigenvalue weighted by Gasteiger charge is -2.22. The third-order valence-electron chi connectivity index (χ3n) is 5.11. The Balaban J connectivity index is 1.77. The molecule has 33 heavy (non-hydrogen) atoms. The van der Waals surface area contributed by atoms with Gasteiger partial charge < -0.3 is 15.4 Å². The van der Waals surface area contributed by atoms with Crippen LogP contribution in [0.1, 0.15) is 42.3 Å². The molecule has 3 nitrogen and oxygen atoms in total. The maximum Gasteiger partial charge on any atom is 0.416 e. The van der Waals surface area contributed by atoms with Crippen molar-refractivity contribution < 1.29 is 17.9 Å². The largest absolute Gasteiger partial charge is 0.491 e. The van der Waals surface area contributed by atoms with E-state index in [0.717, 1.165) is 34.7 Å². The average molecular weight is 493 g/mol. The first-order valence-corrected chi connectivity index (χ1v) is 11.0. The highest BCUT2D eigenvalue weighted by atomic mass is 35.5. The van der Waals surface area contributed by atoms with Gasteiger partial charge in [0.05, 0.1) is 23.1 Å². The molecule has 0 saturated heterocycles. The van der Waals surface area contributed by atoms with Crippen LogP contribution >= 0.6 is 23.2 Å². The molecule has 0 radical (unpaired) electrons. The fraction of sp³-hybridized carbons (Fsp3) is 0.200. The Labute approximate surface area is 200 Å². The van der Waals surface area contributed by atoms with Crippen LogP contribution in [0.15, 0.2) is 66.7 Å². The average Bonchev–Trinajstić information content (AvgIpc) is 3.19. The molecular formula is C25H21Cl2F3N2O. The Bertz CT molecular complexity index is 1120. The first kappa shape index (κ1) is 23.3. The van der Waals surface area contributed by atoms with E-state index >= 15 is 0 Å². The van der Waals surface area contributed by atoms with E-state index in [0.29, 0.717) is 15.6 Å². The number of rotatable bonds is 5. The number of nitrogens with one attached hydrogen (secondary N) is 2. The molecule has 0 saturated carbocycles. The molecule has 1 heterocycles. The van der Waals surface area contributed by atoms with Gasteiger partial charge in [-0.2, -0.15) is 13.2 Å². The monoisotopic (exact) mass is 492 g/mol. The molecule has 0 amide bonds. The topological polar surface area (TPSA) is 33.3 Å². The second-order valence-electron chi connectivity index (χ2n) is 7.90. The molecule has 8 heteroatoms. The van der Waals surface area contributed by atoms with Crippen molar-refractivity contribution in [3.05, 3.63) is 99.0 Å². The second-order valence-corrected chi connectivity index (χ2v) is 8.78. The zero-order chi connectivity index (χ0) is 23.8. The zero-order valence-electron chi connectivity index (χ0n) is 17.8. The molecule has 2 N–H and O–H groups in total. The van der Waals surface area contributed by atoms with Gasteiger partial charge in [-0.3, -0.25) is 0 Å². The molecule has 3 aromatic carbocycles. The van der Waals surface area contributed by atoms with E-state index in [1.165, 1.54) is 6.07 Å². The summed E-state index contributed by atoms with van der Waals surface area (Å²) in [5.41, 5.74) is 3.12. The summed E-state index contributed by atoms with van der Waals surface area (Å²) < 4.78 is 45.8. The minimum absolute atomic E-state index is 0.164. The van der Waals surface area contributed by atoms with Crippen LogP contribution in [0, 0.1) is 0 Å². The van der Waals surface area contributed by atoms with Crippen molar-refractivity contribution in [3.63, 3.8) is 0 Å². The van der Waals surface area contributed by atoms with Gasteiger partial charge in [-0.1, -0.05) is 53.5 Å². The van der Waals surface area contributed by atoms with Crippen LogP contribution in [0.3, 0.4) is 0 Å². The maximum absolute atomic E-state index is 13.3. The molecule has 1 aliphatic heterocycles. The van der Waals surface area contributed by atoms with Crippen LogP contribution < -0.4 is 15.4 Å². The molecule has 0 aromatic heterocycles. The highest BCUT2D eigenvalue weighted by Gasteiger charge is 2.34. The van der Waals surface area contributed by atoms with Crippen LogP contribution in [-0.2, 0) is 6.18 Å². The molecule has 0 unspecified atom stereocenters. The number of hydrogen-bond acceptors (Lipinski definition) is 3. The SMILES string of the molecule is CC(C)Oc1cc(C(F)(F)F)ccc1C1NC(c2ccc(Cl)cc2)=C(c2ccc(Cl)cc2)N1. The molecule has 172 valence electrons. The van der Waals surface area contributed by atoms with Crippen LogP contribution in [0.25, 0.3) is 11.4 Å². The van der Waals surface area contributed by atoms with Gasteiger partial charge in [0.25, 0.3) is 0 Å². The zero-order valence-corrected chi connectivity index (χ0v) is 19.3. The normalized spacial score (nSPS) is 14.4. The Morgan fingerprint density at radius 1 is 0.788 bits per heavy atom. The van der Waals surface area contributed by atoms with Gasteiger partial charge in [0.1, 0.15) is 11.9 Å². The summed E-state index contributed by atoms with van der Waals surface area (Å²) >= 11 is 12.1. The molecule has 0 aliphatic carbocycles. The lowest BCUT2D eigenvalue weighted by Crippen LogP contribution is -2.25. The lowest BCUT2D eigenvalue weighted by molar-refractivity contribution is -0.137. The van der Waals surface area contributed by atoms with E-state index in [-0.39, 0.29) is 11.9 Å². The van der Waals surface area contributed by atoms with Crippen molar-refractivity contribution >= 4 is 34.6 Å². The first-order chi connectivity index (χ1) is 15.6. The highest BCUT2D eigenvalue weighted by Crippen LogP contribution is 2.39. The van der Waals surface area contributed by atoms with E-state index in [9.17, 15) is 13.2 Å². The lowest BCUT2D eigenvalue weighted by atomic mass is 10.1. The summed E-state index contributed by atoms with van der Waals surface area (Å²) in [7, 11) is 0. The third-order valence-corrected chi connectivity index (χ3v) is 5.61. The smallest absolute Gasteiger partial charge is 0.416 e. The fourth-order valence-electron chi connectivity index (χ4n) is 3.62. The maximum atomic E-state index is 13.3. The second kappa shape index (κ2) is 9.20. The predicted molar refractivity (Wildman–Crippen MR) is 126 cm³/mol. The van der Waals surface area contributed by atoms with E-state index < -0.39 is 17.9 Å². The van der Waals surface area contributed by atoms with Crippen molar-refractivity contribution in [1.82, 2.24) is 10.6 Å². The van der Waals surface area contributed by atoms with Crippen molar-refractivity contribution in [1.29, 1.82) is 0 Å². The quantitative estimate of drug-likeness (QED) is 0.386. The van der Waals surface area contributed by atoms with Gasteiger partial charge in [0, 0.05) is 15.6 Å². The Hall–Kier alpha value is -2.83. The molecule has 3 aromatic rings. The van der Waals surface area contributed by atoms with Crippen LogP contribution in [-0.4, -0.2) is 6.10 Å². The van der Waals surface area contributed by atoms with Gasteiger partial charge >= 0.3 is 6.18 Å². The summed E-state index contributed by atoms with van der Waals surface area (Å²) in [6.07, 6.45) is -5.28. The van der Waals surface area contributed by atoms with Crippen molar-refractivity contribution in [2.45, 2.75) is 32.3 Å². The van der Waals surface area contributed by atoms with E-state index in [1.54, 1.807) is 38.1 Å². The van der Waals surface area contributed by atoms with Crippen molar-refractivity contribution in [3.8, 4) is 5.75 Å². The molecule has 1 aliphatic rings. The minimum atomic E-state index is -4.47. The summed E-state index contributed by atoms with van der Waals surface area (Å²) in [4.78, 5) is 0. The number of alkyl halides is 3. The van der Waals surface area contributed by atoms with Crippen LogP contribution in [0.2, 0.25) is 10.0 Å². The van der Waals surface area contributed by atoms with Gasteiger partial charge in [0.15, 0.2) is 0 Å². The molecule has 4 rings (SSSR count). The van der Waals surface area contributed by atoms with Crippen molar-refractivity contribution in [2.75, 3.05) is 0 Å². The first-order valence-electron chi connectivity index (χ1n) is 10.3. The van der Waals surface area contributed by atoms with Crippen LogP contribution in [0.5, 0.6) is 5.75 Å². The van der Waals surface area contributed by atoms with E-state index in [1.807, 2.05) is 24.3 Å². The summed E-state index contributed by atoms with van der Waals surface area (Å²) in [5, 5.41) is 8.02. The number of ether oxygens (including phenoxy) is 1. The highest BCUT2D eigenvalue weighted by molar-refractivity contribution is 6.31. The minimum Gasteiger partial charge on any atom is -0.491 e. The summed E-state index contributed by atoms with van der Waals surface area (Å²) in [5.74, 6) is 0.164. The Morgan fingerprint density at radius 3 is 1.70 bits per heavy atom. The van der Waals surface area contributed by atoms with Crippen LogP contribution in [0.4, 0.5) is 13.2 Å².